The Labute approximate surface area is 73.5 Å². The van der Waals surface area contributed by atoms with E-state index in [4.69, 9.17) is 5.11 Å². The molecule has 1 rings (SSSR count). The van der Waals surface area contributed by atoms with Gasteiger partial charge in [-0.05, 0) is 6.92 Å². The van der Waals surface area contributed by atoms with Crippen LogP contribution in [0.25, 0.3) is 0 Å². The van der Waals surface area contributed by atoms with Gasteiger partial charge in [0.25, 0.3) is 5.91 Å². The average Bonchev–Trinajstić information content (AvgIpc) is 2.47. The van der Waals surface area contributed by atoms with Gasteiger partial charge in [-0.25, -0.2) is 0 Å². The molecule has 0 bridgehead atoms. The highest BCUT2D eigenvalue weighted by Gasteiger charge is 2.13. The number of carboxylic acid groups (broad SMARTS) is 1. The fraction of sp³-hybridized carbons (Fsp3) is 0.286. The molecule has 1 aromatic rings. The van der Waals surface area contributed by atoms with Gasteiger partial charge in [-0.2, -0.15) is 0 Å². The van der Waals surface area contributed by atoms with Crippen molar-refractivity contribution in [3.05, 3.63) is 17.5 Å². The number of aryl methyl sites for hydroxylation is 1. The molecule has 0 aromatic carbocycles. The molecule has 6 nitrogen and oxygen atoms in total. The number of carbonyl (C=O) groups excluding carboxylic acids is 1. The molecule has 0 saturated heterocycles. The normalized spacial score (nSPS) is 9.62. The number of nitrogens with zero attached hydrogens (tertiary/aromatic N) is 1. The summed E-state index contributed by atoms with van der Waals surface area (Å²) in [5.41, 5.74) is 0.684. The topological polar surface area (TPSA) is 92.4 Å². The second-order valence-electron chi connectivity index (χ2n) is 2.42. The van der Waals surface area contributed by atoms with E-state index in [0.29, 0.717) is 5.56 Å². The molecular weight excluding hydrogens is 176 g/mol. The molecule has 0 fully saturated rings. The summed E-state index contributed by atoms with van der Waals surface area (Å²) in [6, 6.07) is 0. The number of carbonyl (C=O) groups is 2. The third kappa shape index (κ3) is 2.29. The van der Waals surface area contributed by atoms with Crippen LogP contribution in [-0.2, 0) is 4.79 Å². The molecule has 0 saturated carbocycles. The first-order valence-corrected chi connectivity index (χ1v) is 3.52. The highest BCUT2D eigenvalue weighted by Crippen LogP contribution is 2.03. The van der Waals surface area contributed by atoms with Crippen molar-refractivity contribution in [1.29, 1.82) is 0 Å². The summed E-state index contributed by atoms with van der Waals surface area (Å²) in [7, 11) is 0. The maximum atomic E-state index is 11.1. The van der Waals surface area contributed by atoms with E-state index in [2.05, 4.69) is 15.0 Å². The maximum Gasteiger partial charge on any atom is 0.322 e. The molecule has 2 N–H and O–H groups in total. The summed E-state index contributed by atoms with van der Waals surface area (Å²) >= 11 is 0. The summed E-state index contributed by atoms with van der Waals surface area (Å²) in [6.45, 7) is 1.22. The van der Waals surface area contributed by atoms with Crippen molar-refractivity contribution in [2.75, 3.05) is 6.54 Å². The maximum absolute atomic E-state index is 11.1. The highest BCUT2D eigenvalue weighted by molar-refractivity contribution is 5.94. The van der Waals surface area contributed by atoms with Crippen molar-refractivity contribution in [2.45, 2.75) is 6.92 Å². The van der Waals surface area contributed by atoms with Gasteiger partial charge in [0, 0.05) is 5.56 Å². The van der Waals surface area contributed by atoms with E-state index in [-0.39, 0.29) is 5.69 Å². The van der Waals surface area contributed by atoms with E-state index in [0.717, 1.165) is 0 Å². The Hall–Kier alpha value is -1.85. The van der Waals surface area contributed by atoms with Crippen molar-refractivity contribution in [1.82, 2.24) is 10.5 Å². The minimum absolute atomic E-state index is 0.112. The van der Waals surface area contributed by atoms with Crippen molar-refractivity contribution >= 4 is 11.9 Å². The lowest BCUT2D eigenvalue weighted by Crippen LogP contribution is -2.29. The van der Waals surface area contributed by atoms with Crippen LogP contribution >= 0.6 is 0 Å². The molecule has 1 aromatic heterocycles. The molecule has 1 amide bonds. The number of hydrogen-bond donors (Lipinski definition) is 2. The fourth-order valence-electron chi connectivity index (χ4n) is 0.746. The zero-order valence-corrected chi connectivity index (χ0v) is 6.90. The molecule has 13 heavy (non-hydrogen) atoms. The van der Waals surface area contributed by atoms with Gasteiger partial charge in [0.2, 0.25) is 0 Å². The Morgan fingerprint density at radius 3 is 2.85 bits per heavy atom. The standard InChI is InChI=1S/C7H8N2O4/c1-4-3-13-9-6(4)7(12)8-2-5(10)11/h3H,2H2,1H3,(H,8,12)(H,10,11). The van der Waals surface area contributed by atoms with Crippen LogP contribution in [0.3, 0.4) is 0 Å². The van der Waals surface area contributed by atoms with E-state index in [9.17, 15) is 9.59 Å². The summed E-state index contributed by atoms with van der Waals surface area (Å²) < 4.78 is 4.51. The van der Waals surface area contributed by atoms with Crippen molar-refractivity contribution < 1.29 is 19.2 Å². The van der Waals surface area contributed by atoms with Crippen LogP contribution in [0.15, 0.2) is 10.8 Å². The number of hydrogen-bond acceptors (Lipinski definition) is 4. The van der Waals surface area contributed by atoms with Crippen molar-refractivity contribution in [3.63, 3.8) is 0 Å². The van der Waals surface area contributed by atoms with E-state index in [1.54, 1.807) is 6.92 Å². The fourth-order valence-corrected chi connectivity index (χ4v) is 0.746. The third-order valence-electron chi connectivity index (χ3n) is 1.36. The average molecular weight is 184 g/mol. The monoisotopic (exact) mass is 184 g/mol. The summed E-state index contributed by atoms with van der Waals surface area (Å²) in [6.07, 6.45) is 1.32. The van der Waals surface area contributed by atoms with E-state index < -0.39 is 18.4 Å². The van der Waals surface area contributed by atoms with Crippen LogP contribution in [0.2, 0.25) is 0 Å². The van der Waals surface area contributed by atoms with Crippen molar-refractivity contribution in [2.24, 2.45) is 0 Å². The van der Waals surface area contributed by atoms with Crippen LogP contribution in [-0.4, -0.2) is 28.7 Å². The van der Waals surface area contributed by atoms with Crippen LogP contribution < -0.4 is 5.32 Å². The zero-order valence-electron chi connectivity index (χ0n) is 6.90. The Balaban J connectivity index is 2.59. The van der Waals surface area contributed by atoms with Gasteiger partial charge in [-0.1, -0.05) is 5.16 Å². The lowest BCUT2D eigenvalue weighted by molar-refractivity contribution is -0.135. The Kier molecular flexibility index (Phi) is 2.63. The molecule has 0 aliphatic heterocycles. The van der Waals surface area contributed by atoms with Gasteiger partial charge in [-0.3, -0.25) is 9.59 Å². The SMILES string of the molecule is Cc1conc1C(=O)NCC(=O)O. The lowest BCUT2D eigenvalue weighted by Gasteiger charge is -1.97. The number of rotatable bonds is 3. The van der Waals surface area contributed by atoms with Crippen LogP contribution in [0.4, 0.5) is 0 Å². The molecule has 1 heterocycles. The van der Waals surface area contributed by atoms with Crippen LogP contribution in [0.5, 0.6) is 0 Å². The predicted octanol–water partition coefficient (Wildman–Crippen LogP) is -0.203. The van der Waals surface area contributed by atoms with Crippen LogP contribution in [0.1, 0.15) is 16.1 Å². The Bertz CT molecular complexity index is 331. The van der Waals surface area contributed by atoms with Gasteiger partial charge >= 0.3 is 5.97 Å². The number of amides is 1. The zero-order chi connectivity index (χ0) is 9.84. The third-order valence-corrected chi connectivity index (χ3v) is 1.36. The Morgan fingerprint density at radius 2 is 2.38 bits per heavy atom. The summed E-state index contributed by atoms with van der Waals surface area (Å²) in [4.78, 5) is 21.2. The summed E-state index contributed by atoms with van der Waals surface area (Å²) in [5.74, 6) is -1.65. The molecule has 0 aliphatic carbocycles. The number of aliphatic carboxylic acids is 1. The smallest absolute Gasteiger partial charge is 0.322 e. The number of nitrogens with one attached hydrogen (secondary N) is 1. The molecule has 0 spiro atoms. The second kappa shape index (κ2) is 3.70. The Morgan fingerprint density at radius 1 is 1.69 bits per heavy atom. The van der Waals surface area contributed by atoms with E-state index in [1.807, 2.05) is 0 Å². The minimum atomic E-state index is -1.10. The first-order chi connectivity index (χ1) is 6.11. The second-order valence-corrected chi connectivity index (χ2v) is 2.42. The molecule has 6 heteroatoms. The van der Waals surface area contributed by atoms with Gasteiger partial charge < -0.3 is 14.9 Å². The number of aromatic nitrogens is 1. The number of carboxylic acids is 1. The molecule has 0 aliphatic rings. The van der Waals surface area contributed by atoms with E-state index >= 15 is 0 Å². The predicted molar refractivity (Wildman–Crippen MR) is 41.2 cm³/mol. The summed E-state index contributed by atoms with van der Waals surface area (Å²) in [5, 5.41) is 13.8. The van der Waals surface area contributed by atoms with Gasteiger partial charge in [0.1, 0.15) is 12.8 Å². The molecule has 70 valence electrons. The van der Waals surface area contributed by atoms with Gasteiger partial charge in [-0.15, -0.1) is 0 Å². The molecule has 0 unspecified atom stereocenters. The quantitative estimate of drug-likeness (QED) is 0.678. The minimum Gasteiger partial charge on any atom is -0.480 e. The first-order valence-electron chi connectivity index (χ1n) is 3.52. The highest BCUT2D eigenvalue weighted by atomic mass is 16.5. The van der Waals surface area contributed by atoms with E-state index in [1.165, 1.54) is 6.26 Å². The first kappa shape index (κ1) is 9.24. The lowest BCUT2D eigenvalue weighted by atomic mass is 10.3. The van der Waals surface area contributed by atoms with Crippen LogP contribution in [0, 0.1) is 6.92 Å². The van der Waals surface area contributed by atoms with Crippen molar-refractivity contribution in [3.8, 4) is 0 Å². The van der Waals surface area contributed by atoms with Gasteiger partial charge in [0.15, 0.2) is 5.69 Å². The van der Waals surface area contributed by atoms with Gasteiger partial charge in [0.05, 0.1) is 0 Å². The molecular formula is C7H8N2O4. The molecule has 0 atom stereocenters. The molecule has 0 radical (unpaired) electrons. The largest absolute Gasteiger partial charge is 0.480 e.